The van der Waals surface area contributed by atoms with Gasteiger partial charge in [-0.2, -0.15) is 0 Å². The number of benzene rings is 2. The Bertz CT molecular complexity index is 859. The van der Waals surface area contributed by atoms with E-state index >= 15 is 0 Å². The number of thioether (sulfide) groups is 1. The van der Waals surface area contributed by atoms with Crippen molar-refractivity contribution in [1.29, 1.82) is 0 Å². The summed E-state index contributed by atoms with van der Waals surface area (Å²) in [4.78, 5) is -1.22. The minimum Gasteiger partial charge on any atom is -0.395 e. The zero-order chi connectivity index (χ0) is 20.6. The van der Waals surface area contributed by atoms with E-state index in [0.717, 1.165) is 39.6 Å². The third-order valence-electron chi connectivity index (χ3n) is 5.76. The van der Waals surface area contributed by atoms with E-state index < -0.39 is 28.5 Å². The molecule has 4 N–H and O–H groups in total. The molecule has 0 saturated carbocycles. The number of aliphatic hydroxyl groups is 4. The maximum absolute atomic E-state index is 12.5. The van der Waals surface area contributed by atoms with Crippen molar-refractivity contribution < 1.29 is 29.6 Å². The molecule has 0 aliphatic carbocycles. The fourth-order valence-electron chi connectivity index (χ4n) is 4.10. The van der Waals surface area contributed by atoms with Crippen LogP contribution in [0.5, 0.6) is 0 Å². The summed E-state index contributed by atoms with van der Waals surface area (Å²) in [6.07, 6.45) is -2.89. The molecule has 1 spiro atoms. The van der Waals surface area contributed by atoms with Gasteiger partial charge in [-0.3, -0.25) is 4.39 Å². The van der Waals surface area contributed by atoms with Crippen molar-refractivity contribution in [2.24, 2.45) is 0 Å². The molecule has 2 heterocycles. The van der Waals surface area contributed by atoms with Crippen LogP contribution in [0.1, 0.15) is 27.8 Å². The minimum atomic E-state index is -1.41. The van der Waals surface area contributed by atoms with Crippen LogP contribution in [-0.2, 0) is 29.1 Å². The van der Waals surface area contributed by atoms with Gasteiger partial charge in [-0.15, -0.1) is 11.8 Å². The van der Waals surface area contributed by atoms with Crippen LogP contribution < -0.4 is 0 Å². The van der Waals surface area contributed by atoms with Crippen LogP contribution >= 0.6 is 11.8 Å². The van der Waals surface area contributed by atoms with Gasteiger partial charge >= 0.3 is 0 Å². The summed E-state index contributed by atoms with van der Waals surface area (Å²) in [5.74, 6) is 0. The smallest absolute Gasteiger partial charge is 0.168 e. The van der Waals surface area contributed by atoms with Crippen molar-refractivity contribution in [3.63, 3.8) is 0 Å². The van der Waals surface area contributed by atoms with E-state index in [1.807, 2.05) is 42.5 Å². The van der Waals surface area contributed by atoms with Gasteiger partial charge in [0.15, 0.2) is 4.93 Å². The Balaban J connectivity index is 1.62. The first-order chi connectivity index (χ1) is 14.0. The maximum atomic E-state index is 12.5. The molecule has 156 valence electrons. The second-order valence-electron chi connectivity index (χ2n) is 7.64. The molecule has 2 aromatic carbocycles. The molecule has 1 saturated heterocycles. The topological polar surface area (TPSA) is 90.2 Å². The van der Waals surface area contributed by atoms with Gasteiger partial charge < -0.3 is 25.2 Å². The second-order valence-corrected chi connectivity index (χ2v) is 9.09. The molecule has 5 nitrogen and oxygen atoms in total. The first-order valence-electron chi connectivity index (χ1n) is 9.71. The predicted molar refractivity (Wildman–Crippen MR) is 108 cm³/mol. The number of aryl methyl sites for hydroxylation is 1. The average molecular weight is 421 g/mol. The van der Waals surface area contributed by atoms with Crippen molar-refractivity contribution in [3.8, 4) is 0 Å². The lowest BCUT2D eigenvalue weighted by molar-refractivity contribution is -0.147. The molecule has 5 atom stereocenters. The zero-order valence-corrected chi connectivity index (χ0v) is 16.7. The molecule has 29 heavy (non-hydrogen) atoms. The SMILES string of the molecule is OCC1S[C@]2(OCc3ccc(Cc4ccc(CCF)cc4)cc32)[C@H](O)C(O)[C@@H]1O. The molecule has 2 aliphatic rings. The largest absolute Gasteiger partial charge is 0.395 e. The van der Waals surface area contributed by atoms with E-state index in [-0.39, 0.29) is 13.3 Å². The van der Waals surface area contributed by atoms with Crippen LogP contribution in [0.4, 0.5) is 4.39 Å². The molecule has 2 unspecified atom stereocenters. The van der Waals surface area contributed by atoms with Gasteiger partial charge in [0.1, 0.15) is 12.2 Å². The minimum absolute atomic E-state index is 0.290. The Hall–Kier alpha value is -1.48. The lowest BCUT2D eigenvalue weighted by Crippen LogP contribution is -2.58. The first kappa shape index (κ1) is 20.8. The average Bonchev–Trinajstić information content (AvgIpc) is 3.09. The van der Waals surface area contributed by atoms with Crippen LogP contribution in [0.15, 0.2) is 42.5 Å². The van der Waals surface area contributed by atoms with Gasteiger partial charge in [-0.25, -0.2) is 0 Å². The predicted octanol–water partition coefficient (Wildman–Crippen LogP) is 1.66. The van der Waals surface area contributed by atoms with Gasteiger partial charge in [0.2, 0.25) is 0 Å². The molecule has 2 aliphatic heterocycles. The van der Waals surface area contributed by atoms with Crippen molar-refractivity contribution >= 4 is 11.8 Å². The van der Waals surface area contributed by atoms with Crippen LogP contribution in [0.25, 0.3) is 0 Å². The molecule has 0 bridgehead atoms. The van der Waals surface area contributed by atoms with Crippen LogP contribution in [-0.4, -0.2) is 57.3 Å². The molecule has 0 aromatic heterocycles. The number of hydrogen-bond donors (Lipinski definition) is 4. The Morgan fingerprint density at radius 3 is 2.38 bits per heavy atom. The summed E-state index contributed by atoms with van der Waals surface area (Å²) >= 11 is 1.16. The van der Waals surface area contributed by atoms with E-state index in [0.29, 0.717) is 19.4 Å². The highest BCUT2D eigenvalue weighted by Crippen LogP contribution is 2.54. The third-order valence-corrected chi connectivity index (χ3v) is 7.42. The Morgan fingerprint density at radius 2 is 1.69 bits per heavy atom. The Kier molecular flexibility index (Phi) is 5.97. The fourth-order valence-corrected chi connectivity index (χ4v) is 5.65. The van der Waals surface area contributed by atoms with Crippen molar-refractivity contribution in [1.82, 2.24) is 0 Å². The van der Waals surface area contributed by atoms with Gasteiger partial charge in [-0.1, -0.05) is 42.5 Å². The van der Waals surface area contributed by atoms with Gasteiger partial charge in [0, 0.05) is 12.0 Å². The quantitative estimate of drug-likeness (QED) is 0.588. The summed E-state index contributed by atoms with van der Waals surface area (Å²) in [6, 6.07) is 13.7. The molecular weight excluding hydrogens is 395 g/mol. The molecular formula is C22H25FO5S. The Labute approximate surface area is 173 Å². The number of fused-ring (bicyclic) bond motifs is 2. The van der Waals surface area contributed by atoms with Gasteiger partial charge in [0.25, 0.3) is 0 Å². The maximum Gasteiger partial charge on any atom is 0.168 e. The monoisotopic (exact) mass is 420 g/mol. The second kappa shape index (κ2) is 8.34. The molecule has 0 amide bonds. The van der Waals surface area contributed by atoms with Crippen LogP contribution in [0.2, 0.25) is 0 Å². The summed E-state index contributed by atoms with van der Waals surface area (Å²) in [5.41, 5.74) is 4.74. The number of hydrogen-bond acceptors (Lipinski definition) is 6. The van der Waals surface area contributed by atoms with Crippen molar-refractivity contribution in [2.45, 2.75) is 47.9 Å². The number of ether oxygens (including phenoxy) is 1. The zero-order valence-electron chi connectivity index (χ0n) is 15.9. The molecule has 0 radical (unpaired) electrons. The summed E-state index contributed by atoms with van der Waals surface area (Å²) in [5, 5.41) is 40.2. The van der Waals surface area contributed by atoms with Crippen molar-refractivity contribution in [2.75, 3.05) is 13.3 Å². The number of alkyl halides is 1. The first-order valence-corrected chi connectivity index (χ1v) is 10.6. The number of halogens is 1. The molecule has 2 aromatic rings. The van der Waals surface area contributed by atoms with E-state index in [4.69, 9.17) is 4.74 Å². The standard InChI is InChI=1S/C22H25FO5S/c23-8-7-13-1-3-14(4-2-13)9-15-5-6-16-12-28-22(17(16)10-15)21(27)20(26)19(25)18(11-24)29-22/h1-6,10,18-21,24-27H,7-9,11-12H2/t18?,19-,20?,21-,22+/m1/s1. The van der Waals surface area contributed by atoms with E-state index in [9.17, 15) is 24.8 Å². The highest BCUT2D eigenvalue weighted by atomic mass is 32.2. The van der Waals surface area contributed by atoms with E-state index in [2.05, 4.69) is 0 Å². The highest BCUT2D eigenvalue weighted by molar-refractivity contribution is 8.00. The molecule has 7 heteroatoms. The van der Waals surface area contributed by atoms with Crippen LogP contribution in [0, 0.1) is 0 Å². The van der Waals surface area contributed by atoms with E-state index in [1.165, 1.54) is 0 Å². The lowest BCUT2D eigenvalue weighted by Gasteiger charge is -2.45. The summed E-state index contributed by atoms with van der Waals surface area (Å²) in [7, 11) is 0. The summed E-state index contributed by atoms with van der Waals surface area (Å²) in [6.45, 7) is -0.416. The molecule has 1 fully saturated rings. The summed E-state index contributed by atoms with van der Waals surface area (Å²) < 4.78 is 18.4. The van der Waals surface area contributed by atoms with Gasteiger partial charge in [0.05, 0.1) is 31.2 Å². The van der Waals surface area contributed by atoms with Crippen LogP contribution in [0.3, 0.4) is 0 Å². The third kappa shape index (κ3) is 3.71. The van der Waals surface area contributed by atoms with E-state index in [1.54, 1.807) is 0 Å². The number of aliphatic hydroxyl groups excluding tert-OH is 4. The lowest BCUT2D eigenvalue weighted by atomic mass is 9.91. The molecule has 4 rings (SSSR count). The normalized spacial score (nSPS) is 31.2. The van der Waals surface area contributed by atoms with Gasteiger partial charge in [-0.05, 0) is 28.7 Å². The highest BCUT2D eigenvalue weighted by Gasteiger charge is 2.57. The number of rotatable bonds is 5. The fraction of sp³-hybridized carbons (Fsp3) is 0.455. The van der Waals surface area contributed by atoms with Crippen molar-refractivity contribution in [3.05, 3.63) is 70.3 Å². The Morgan fingerprint density at radius 1 is 1.00 bits per heavy atom.